The van der Waals surface area contributed by atoms with Crippen molar-refractivity contribution < 1.29 is 9.50 Å². The average molecular weight is 183 g/mol. The lowest BCUT2D eigenvalue weighted by Crippen LogP contribution is -2.11. The molecule has 0 aliphatic rings. The van der Waals surface area contributed by atoms with E-state index in [0.717, 1.165) is 5.56 Å². The van der Waals surface area contributed by atoms with Crippen molar-refractivity contribution in [3.63, 3.8) is 0 Å². The summed E-state index contributed by atoms with van der Waals surface area (Å²) in [5.41, 5.74) is 7.07. The number of para-hydroxylation sites is 1. The maximum atomic E-state index is 12.0. The molecular formula is C10H14FNO. The highest BCUT2D eigenvalue weighted by atomic mass is 19.1. The van der Waals surface area contributed by atoms with E-state index in [2.05, 4.69) is 0 Å². The van der Waals surface area contributed by atoms with Gasteiger partial charge in [-0.05, 0) is 18.9 Å². The van der Waals surface area contributed by atoms with Crippen LogP contribution in [-0.4, -0.2) is 11.8 Å². The zero-order valence-corrected chi connectivity index (χ0v) is 7.63. The minimum Gasteiger partial charge on any atom is -0.507 e. The Labute approximate surface area is 77.2 Å². The van der Waals surface area contributed by atoms with Gasteiger partial charge in [0.15, 0.2) is 0 Å². The first-order valence-electron chi connectivity index (χ1n) is 4.27. The third-order valence-corrected chi connectivity index (χ3v) is 2.09. The third kappa shape index (κ3) is 2.18. The highest BCUT2D eigenvalue weighted by Crippen LogP contribution is 2.27. The van der Waals surface area contributed by atoms with Crippen molar-refractivity contribution in [2.75, 3.05) is 6.67 Å². The van der Waals surface area contributed by atoms with E-state index in [1.54, 1.807) is 19.1 Å². The van der Waals surface area contributed by atoms with Gasteiger partial charge in [-0.25, -0.2) is 0 Å². The lowest BCUT2D eigenvalue weighted by molar-refractivity contribution is 0.423. The molecule has 72 valence electrons. The van der Waals surface area contributed by atoms with E-state index in [9.17, 15) is 9.50 Å². The molecule has 1 atom stereocenters. The number of benzene rings is 1. The number of rotatable bonds is 3. The van der Waals surface area contributed by atoms with Crippen molar-refractivity contribution >= 4 is 0 Å². The molecule has 1 aromatic carbocycles. The lowest BCUT2D eigenvalue weighted by atomic mass is 10.0. The van der Waals surface area contributed by atoms with Crippen LogP contribution in [0.15, 0.2) is 18.2 Å². The number of alkyl halides is 1. The SMILES string of the molecule is Cc1cccc([C@@H](N)CCF)c1O. The molecular weight excluding hydrogens is 169 g/mol. The summed E-state index contributed by atoms with van der Waals surface area (Å²) in [4.78, 5) is 0. The molecule has 0 spiro atoms. The first-order valence-corrected chi connectivity index (χ1v) is 4.27. The maximum absolute atomic E-state index is 12.0. The van der Waals surface area contributed by atoms with E-state index in [0.29, 0.717) is 5.56 Å². The van der Waals surface area contributed by atoms with Gasteiger partial charge in [-0.3, -0.25) is 4.39 Å². The van der Waals surface area contributed by atoms with E-state index < -0.39 is 12.7 Å². The van der Waals surface area contributed by atoms with E-state index >= 15 is 0 Å². The van der Waals surface area contributed by atoms with Crippen LogP contribution in [-0.2, 0) is 0 Å². The molecule has 0 saturated carbocycles. The highest BCUT2D eigenvalue weighted by Gasteiger charge is 2.11. The first kappa shape index (κ1) is 9.99. The Balaban J connectivity index is 2.93. The van der Waals surface area contributed by atoms with Gasteiger partial charge in [0.2, 0.25) is 0 Å². The second kappa shape index (κ2) is 4.23. The van der Waals surface area contributed by atoms with E-state index in [1.165, 1.54) is 0 Å². The van der Waals surface area contributed by atoms with Crippen LogP contribution in [0.2, 0.25) is 0 Å². The summed E-state index contributed by atoms with van der Waals surface area (Å²) in [7, 11) is 0. The van der Waals surface area contributed by atoms with E-state index in [4.69, 9.17) is 5.73 Å². The molecule has 0 aliphatic heterocycles. The van der Waals surface area contributed by atoms with Crippen LogP contribution in [0.1, 0.15) is 23.6 Å². The predicted molar refractivity (Wildman–Crippen MR) is 50.4 cm³/mol. The number of phenolic OH excluding ortho intramolecular Hbond substituents is 1. The van der Waals surface area contributed by atoms with Gasteiger partial charge in [-0.2, -0.15) is 0 Å². The zero-order valence-electron chi connectivity index (χ0n) is 7.63. The molecule has 0 heterocycles. The minimum absolute atomic E-state index is 0.184. The summed E-state index contributed by atoms with van der Waals surface area (Å²) in [5, 5.41) is 9.59. The van der Waals surface area contributed by atoms with Gasteiger partial charge in [0.05, 0.1) is 6.67 Å². The molecule has 0 aromatic heterocycles. The zero-order chi connectivity index (χ0) is 9.84. The van der Waals surface area contributed by atoms with Gasteiger partial charge in [-0.1, -0.05) is 18.2 Å². The highest BCUT2D eigenvalue weighted by molar-refractivity contribution is 5.41. The molecule has 0 amide bonds. The fraction of sp³-hybridized carbons (Fsp3) is 0.400. The Bertz CT molecular complexity index is 288. The molecule has 0 aliphatic carbocycles. The molecule has 0 fully saturated rings. The number of phenols is 1. The number of halogens is 1. The van der Waals surface area contributed by atoms with Crippen molar-refractivity contribution in [1.29, 1.82) is 0 Å². The molecule has 2 nitrogen and oxygen atoms in total. The fourth-order valence-electron chi connectivity index (χ4n) is 1.25. The van der Waals surface area contributed by atoms with Crippen LogP contribution < -0.4 is 5.73 Å². The molecule has 0 saturated heterocycles. The number of aryl methyl sites for hydroxylation is 1. The Morgan fingerprint density at radius 3 is 2.85 bits per heavy atom. The van der Waals surface area contributed by atoms with E-state index in [-0.39, 0.29) is 12.2 Å². The maximum Gasteiger partial charge on any atom is 0.123 e. The molecule has 0 unspecified atom stereocenters. The standard InChI is InChI=1S/C10H14FNO/c1-7-3-2-4-8(10(7)13)9(12)5-6-11/h2-4,9,13H,5-6,12H2,1H3/t9-/m0/s1. The number of hydrogen-bond acceptors (Lipinski definition) is 2. The number of aromatic hydroxyl groups is 1. The molecule has 1 rings (SSSR count). The smallest absolute Gasteiger partial charge is 0.123 e. The second-order valence-electron chi connectivity index (χ2n) is 3.10. The van der Waals surface area contributed by atoms with Crippen molar-refractivity contribution in [3.05, 3.63) is 29.3 Å². The van der Waals surface area contributed by atoms with Crippen LogP contribution in [0.5, 0.6) is 5.75 Å². The summed E-state index contributed by atoms with van der Waals surface area (Å²) in [6.07, 6.45) is 0.247. The summed E-state index contributed by atoms with van der Waals surface area (Å²) in [6.45, 7) is 1.33. The predicted octanol–water partition coefficient (Wildman–Crippen LogP) is 2.06. The van der Waals surface area contributed by atoms with Crippen LogP contribution >= 0.6 is 0 Å². The summed E-state index contributed by atoms with van der Waals surface area (Å²) in [6, 6.07) is 4.91. The quantitative estimate of drug-likeness (QED) is 0.753. The van der Waals surface area contributed by atoms with E-state index in [1.807, 2.05) is 6.07 Å². The van der Waals surface area contributed by atoms with Crippen LogP contribution in [0.25, 0.3) is 0 Å². The molecule has 3 heteroatoms. The Morgan fingerprint density at radius 1 is 1.54 bits per heavy atom. The Hall–Kier alpha value is -1.09. The first-order chi connectivity index (χ1) is 6.16. The topological polar surface area (TPSA) is 46.2 Å². The minimum atomic E-state index is -0.464. The van der Waals surface area contributed by atoms with Gasteiger partial charge >= 0.3 is 0 Å². The molecule has 0 bridgehead atoms. The number of nitrogens with two attached hydrogens (primary N) is 1. The third-order valence-electron chi connectivity index (χ3n) is 2.09. The molecule has 13 heavy (non-hydrogen) atoms. The van der Waals surface area contributed by atoms with Crippen molar-refractivity contribution in [3.8, 4) is 5.75 Å². The Morgan fingerprint density at radius 2 is 2.23 bits per heavy atom. The van der Waals surface area contributed by atoms with Gasteiger partial charge < -0.3 is 10.8 Å². The van der Waals surface area contributed by atoms with Crippen LogP contribution in [0.3, 0.4) is 0 Å². The van der Waals surface area contributed by atoms with Crippen molar-refractivity contribution in [2.45, 2.75) is 19.4 Å². The summed E-state index contributed by atoms with van der Waals surface area (Å²) < 4.78 is 12.0. The van der Waals surface area contributed by atoms with Crippen molar-refractivity contribution in [2.24, 2.45) is 5.73 Å². The number of hydrogen-bond donors (Lipinski definition) is 2. The second-order valence-corrected chi connectivity index (χ2v) is 3.10. The largest absolute Gasteiger partial charge is 0.507 e. The van der Waals surface area contributed by atoms with Gasteiger partial charge in [0.1, 0.15) is 5.75 Å². The molecule has 1 aromatic rings. The van der Waals surface area contributed by atoms with Gasteiger partial charge in [-0.15, -0.1) is 0 Å². The van der Waals surface area contributed by atoms with Crippen molar-refractivity contribution in [1.82, 2.24) is 0 Å². The molecule has 3 N–H and O–H groups in total. The van der Waals surface area contributed by atoms with Gasteiger partial charge in [0.25, 0.3) is 0 Å². The molecule has 0 radical (unpaired) electrons. The van der Waals surface area contributed by atoms with Crippen LogP contribution in [0, 0.1) is 6.92 Å². The van der Waals surface area contributed by atoms with Gasteiger partial charge in [0, 0.05) is 11.6 Å². The normalized spacial score (nSPS) is 12.8. The monoisotopic (exact) mass is 183 g/mol. The summed E-state index contributed by atoms with van der Waals surface area (Å²) >= 11 is 0. The van der Waals surface area contributed by atoms with Crippen LogP contribution in [0.4, 0.5) is 4.39 Å². The lowest BCUT2D eigenvalue weighted by Gasteiger charge is -2.12. The average Bonchev–Trinajstić information content (AvgIpc) is 2.10. The summed E-state index contributed by atoms with van der Waals surface area (Å²) in [5.74, 6) is 0.184. The fourth-order valence-corrected chi connectivity index (χ4v) is 1.25. The Kier molecular flexibility index (Phi) is 3.25.